The number of anilines is 3. The van der Waals surface area contributed by atoms with Crippen LogP contribution in [0, 0.1) is 0 Å². The Hall–Kier alpha value is -6.13. The van der Waals surface area contributed by atoms with Gasteiger partial charge in [-0.3, -0.25) is 0 Å². The first kappa shape index (κ1) is 25.4. The number of aromatic nitrogens is 1. The summed E-state index contributed by atoms with van der Waals surface area (Å²) in [4.78, 5) is 7.10. The quantitative estimate of drug-likeness (QED) is 0.204. The molecule has 0 saturated carbocycles. The summed E-state index contributed by atoms with van der Waals surface area (Å²) in [7, 11) is 0. The number of rotatable bonds is 5. The second kappa shape index (κ2) is 10.2. The van der Waals surface area contributed by atoms with Crippen LogP contribution in [-0.4, -0.2) is 4.98 Å². The van der Waals surface area contributed by atoms with Gasteiger partial charge in [-0.2, -0.15) is 0 Å². The van der Waals surface area contributed by atoms with Crippen LogP contribution in [0.5, 0.6) is 0 Å². The van der Waals surface area contributed by atoms with Crippen LogP contribution in [0.4, 0.5) is 17.1 Å². The van der Waals surface area contributed by atoms with Crippen LogP contribution in [0.2, 0.25) is 0 Å². The highest BCUT2D eigenvalue weighted by atomic mass is 16.4. The van der Waals surface area contributed by atoms with Crippen molar-refractivity contribution < 1.29 is 8.83 Å². The first-order chi connectivity index (χ1) is 22.3. The van der Waals surface area contributed by atoms with Gasteiger partial charge in [0.15, 0.2) is 5.58 Å². The Labute approximate surface area is 259 Å². The zero-order valence-electron chi connectivity index (χ0n) is 24.2. The molecule has 4 nitrogen and oxygen atoms in total. The van der Waals surface area contributed by atoms with Crippen molar-refractivity contribution >= 4 is 60.9 Å². The highest BCUT2D eigenvalue weighted by Crippen LogP contribution is 2.41. The number of fused-ring (bicyclic) bond motifs is 6. The molecule has 0 unspecified atom stereocenters. The number of hydrogen-bond donors (Lipinski definition) is 0. The third kappa shape index (κ3) is 4.35. The summed E-state index contributed by atoms with van der Waals surface area (Å²) in [6, 6.07) is 54.6. The van der Waals surface area contributed by atoms with Gasteiger partial charge in [0.05, 0.1) is 5.39 Å². The van der Waals surface area contributed by atoms with Crippen LogP contribution in [0.25, 0.3) is 66.4 Å². The summed E-state index contributed by atoms with van der Waals surface area (Å²) < 4.78 is 12.7. The van der Waals surface area contributed by atoms with Crippen molar-refractivity contribution in [2.75, 3.05) is 4.90 Å². The lowest BCUT2D eigenvalue weighted by molar-refractivity contribution is 0.622. The Morgan fingerprint density at radius 3 is 1.84 bits per heavy atom. The highest BCUT2D eigenvalue weighted by Gasteiger charge is 2.18. The second-order valence-electron chi connectivity index (χ2n) is 11.2. The maximum absolute atomic E-state index is 6.39. The van der Waals surface area contributed by atoms with Crippen molar-refractivity contribution in [3.63, 3.8) is 0 Å². The van der Waals surface area contributed by atoms with E-state index in [9.17, 15) is 0 Å². The normalized spacial score (nSPS) is 11.6. The minimum atomic E-state index is 0.604. The van der Waals surface area contributed by atoms with Gasteiger partial charge in [-0.15, -0.1) is 0 Å². The lowest BCUT2D eigenvalue weighted by atomic mass is 10.0. The smallest absolute Gasteiger partial charge is 0.227 e. The number of oxazole rings is 1. The van der Waals surface area contributed by atoms with E-state index in [1.165, 1.54) is 11.1 Å². The van der Waals surface area contributed by atoms with E-state index in [-0.39, 0.29) is 0 Å². The molecule has 45 heavy (non-hydrogen) atoms. The molecule has 0 aliphatic rings. The molecular formula is C41H26N2O2. The fraction of sp³-hybridized carbons (Fsp3) is 0. The van der Waals surface area contributed by atoms with Crippen LogP contribution in [0.15, 0.2) is 167 Å². The van der Waals surface area contributed by atoms with Crippen LogP contribution in [-0.2, 0) is 0 Å². The molecule has 0 spiro atoms. The van der Waals surface area contributed by atoms with Gasteiger partial charge in [0, 0.05) is 28.0 Å². The summed E-state index contributed by atoms with van der Waals surface area (Å²) in [6.45, 7) is 0. The first-order valence-corrected chi connectivity index (χ1v) is 15.0. The number of nitrogens with zero attached hydrogens (tertiary/aromatic N) is 2. The van der Waals surface area contributed by atoms with Gasteiger partial charge in [0.1, 0.15) is 16.7 Å². The van der Waals surface area contributed by atoms with Crippen molar-refractivity contribution in [2.24, 2.45) is 0 Å². The molecule has 0 radical (unpaired) electrons. The first-order valence-electron chi connectivity index (χ1n) is 15.0. The average Bonchev–Trinajstić information content (AvgIpc) is 3.70. The van der Waals surface area contributed by atoms with E-state index in [1.54, 1.807) is 0 Å². The maximum Gasteiger partial charge on any atom is 0.227 e. The predicted octanol–water partition coefficient (Wildman–Crippen LogP) is 11.7. The minimum absolute atomic E-state index is 0.604. The van der Waals surface area contributed by atoms with E-state index in [1.807, 2.05) is 48.5 Å². The Kier molecular flexibility index (Phi) is 5.78. The van der Waals surface area contributed by atoms with Crippen molar-refractivity contribution in [3.8, 4) is 22.6 Å². The van der Waals surface area contributed by atoms with Gasteiger partial charge in [-0.25, -0.2) is 4.98 Å². The number of para-hydroxylation sites is 1. The van der Waals surface area contributed by atoms with E-state index >= 15 is 0 Å². The van der Waals surface area contributed by atoms with Gasteiger partial charge >= 0.3 is 0 Å². The summed E-state index contributed by atoms with van der Waals surface area (Å²) in [5.41, 5.74) is 9.76. The zero-order chi connectivity index (χ0) is 29.7. The van der Waals surface area contributed by atoms with Gasteiger partial charge in [-0.05, 0) is 94.7 Å². The predicted molar refractivity (Wildman–Crippen MR) is 184 cm³/mol. The molecule has 0 bridgehead atoms. The van der Waals surface area contributed by atoms with Crippen molar-refractivity contribution in [2.45, 2.75) is 0 Å². The Morgan fingerprint density at radius 2 is 1.09 bits per heavy atom. The van der Waals surface area contributed by atoms with Gasteiger partial charge in [0.25, 0.3) is 0 Å². The molecule has 0 saturated heterocycles. The third-order valence-electron chi connectivity index (χ3n) is 8.46. The molecule has 2 aromatic heterocycles. The molecule has 0 N–H and O–H groups in total. The van der Waals surface area contributed by atoms with Crippen molar-refractivity contribution in [1.29, 1.82) is 0 Å². The minimum Gasteiger partial charge on any atom is -0.456 e. The van der Waals surface area contributed by atoms with Gasteiger partial charge < -0.3 is 13.7 Å². The van der Waals surface area contributed by atoms with Gasteiger partial charge in [0.2, 0.25) is 5.89 Å². The number of furan rings is 1. The Bertz CT molecular complexity index is 2460. The molecule has 0 fully saturated rings. The molecule has 0 atom stereocenters. The van der Waals surface area contributed by atoms with Gasteiger partial charge in [-0.1, -0.05) is 84.9 Å². The molecular weight excluding hydrogens is 552 g/mol. The number of hydrogen-bond acceptors (Lipinski definition) is 4. The zero-order valence-corrected chi connectivity index (χ0v) is 24.2. The van der Waals surface area contributed by atoms with Crippen molar-refractivity contribution in [1.82, 2.24) is 4.98 Å². The van der Waals surface area contributed by atoms with Crippen LogP contribution < -0.4 is 4.90 Å². The maximum atomic E-state index is 6.39. The topological polar surface area (TPSA) is 42.4 Å². The summed E-state index contributed by atoms with van der Waals surface area (Å²) in [5.74, 6) is 0.604. The SMILES string of the molecule is c1ccc(-c2ccc(N(c3ccccc3)c3ccc4cc5oc6ccc7nc(-c8ccccc8)oc7c6c5cc4c3)cc2)cc1. The van der Waals surface area contributed by atoms with E-state index in [4.69, 9.17) is 13.8 Å². The third-order valence-corrected chi connectivity index (χ3v) is 8.46. The lowest BCUT2D eigenvalue weighted by Gasteiger charge is -2.26. The second-order valence-corrected chi connectivity index (χ2v) is 11.2. The molecule has 9 aromatic rings. The molecule has 212 valence electrons. The lowest BCUT2D eigenvalue weighted by Crippen LogP contribution is -2.09. The molecule has 9 rings (SSSR count). The molecule has 2 heterocycles. The molecule has 4 heteroatoms. The molecule has 0 amide bonds. The molecule has 7 aromatic carbocycles. The number of benzene rings is 7. The Balaban J connectivity index is 1.19. The summed E-state index contributed by atoms with van der Waals surface area (Å²) in [5, 5.41) is 4.18. The van der Waals surface area contributed by atoms with Crippen LogP contribution in [0.3, 0.4) is 0 Å². The molecule has 0 aliphatic heterocycles. The summed E-state index contributed by atoms with van der Waals surface area (Å²) in [6.07, 6.45) is 0. The fourth-order valence-electron chi connectivity index (χ4n) is 6.28. The van der Waals surface area contributed by atoms with E-state index in [0.717, 1.165) is 66.4 Å². The van der Waals surface area contributed by atoms with E-state index < -0.39 is 0 Å². The summed E-state index contributed by atoms with van der Waals surface area (Å²) >= 11 is 0. The van der Waals surface area contributed by atoms with Crippen molar-refractivity contribution in [3.05, 3.63) is 158 Å². The fourth-order valence-corrected chi connectivity index (χ4v) is 6.28. The molecule has 0 aliphatic carbocycles. The Morgan fingerprint density at radius 1 is 0.444 bits per heavy atom. The monoisotopic (exact) mass is 578 g/mol. The van der Waals surface area contributed by atoms with E-state index in [2.05, 4.69) is 114 Å². The van der Waals surface area contributed by atoms with E-state index in [0.29, 0.717) is 5.89 Å². The standard InChI is InChI=1S/C41H26N2O2/c1-4-10-27(11-5-1)28-16-19-33(20-17-28)43(32-14-8-3-9-15-32)34-21-18-30-26-38-35(25-31(30)24-34)39-37(44-38)23-22-36-40(39)45-41(42-36)29-12-6-2-7-13-29/h1-26H. The highest BCUT2D eigenvalue weighted by molar-refractivity contribution is 6.19. The van der Waals surface area contributed by atoms with Crippen LogP contribution >= 0.6 is 0 Å². The average molecular weight is 579 g/mol. The van der Waals surface area contributed by atoms with Crippen LogP contribution in [0.1, 0.15) is 0 Å². The largest absolute Gasteiger partial charge is 0.456 e.